The van der Waals surface area contributed by atoms with Gasteiger partial charge < -0.3 is 20.0 Å². The lowest BCUT2D eigenvalue weighted by Crippen LogP contribution is -2.47. The van der Waals surface area contributed by atoms with Gasteiger partial charge in [0.15, 0.2) is 12.4 Å². The molecule has 2 heterocycles. The highest BCUT2D eigenvalue weighted by Crippen LogP contribution is 2.39. The van der Waals surface area contributed by atoms with Gasteiger partial charge in [-0.3, -0.25) is 4.79 Å². The highest BCUT2D eigenvalue weighted by molar-refractivity contribution is 7.15. The molecule has 0 aromatic carbocycles. The van der Waals surface area contributed by atoms with E-state index in [0.29, 0.717) is 35.1 Å². The Morgan fingerprint density at radius 2 is 1.71 bits per heavy atom. The number of aromatic carboxylic acids is 1. The van der Waals surface area contributed by atoms with Crippen LogP contribution in [0.5, 0.6) is 5.75 Å². The van der Waals surface area contributed by atoms with Crippen LogP contribution in [-0.2, 0) is 4.79 Å². The lowest BCUT2D eigenvalue weighted by atomic mass is 9.81. The summed E-state index contributed by atoms with van der Waals surface area (Å²) in [7, 11) is 0. The van der Waals surface area contributed by atoms with Crippen LogP contribution in [0.4, 0.5) is 5.69 Å². The predicted octanol–water partition coefficient (Wildman–Crippen LogP) is 6.03. The molecule has 2 fully saturated rings. The summed E-state index contributed by atoms with van der Waals surface area (Å²) in [6.45, 7) is 8.27. The molecule has 1 N–H and O–H groups in total. The second kappa shape index (κ2) is 11.8. The first kappa shape index (κ1) is 28.0. The normalized spacial score (nSPS) is 23.7. The van der Waals surface area contributed by atoms with Crippen LogP contribution in [0.1, 0.15) is 93.6 Å². The van der Waals surface area contributed by atoms with E-state index in [1.54, 1.807) is 18.2 Å². The van der Waals surface area contributed by atoms with Crippen LogP contribution >= 0.6 is 11.3 Å². The lowest BCUT2D eigenvalue weighted by molar-refractivity contribution is -0.605. The molecule has 2 aliphatic carbocycles. The molecule has 1 amide bonds. The minimum atomic E-state index is -1.03. The smallest absolute Gasteiger partial charge is 0.348 e. The minimum absolute atomic E-state index is 0.0177. The third-order valence-corrected chi connectivity index (χ3v) is 8.44. The summed E-state index contributed by atoms with van der Waals surface area (Å²) in [6.07, 6.45) is 9.43. The standard InChI is InChI=1S/C30H38N2O5S/c1-20-5-7-21(8-6-20)28(33)32(26-19-25(13-16-30(2,3)4)38-27(26)29(34)35)22-9-11-23(12-10-22)37-24-14-17-31(36)18-15-24/h14-15,17-23H,5-12H2,1-4H3,(H,34,35)/t20-,21-,22-,23-. The summed E-state index contributed by atoms with van der Waals surface area (Å²) in [5, 5.41) is 21.4. The summed E-state index contributed by atoms with van der Waals surface area (Å²) >= 11 is 1.15. The quantitative estimate of drug-likeness (QED) is 0.275. The third-order valence-electron chi connectivity index (χ3n) is 7.41. The molecule has 0 bridgehead atoms. The Labute approximate surface area is 229 Å². The molecule has 204 valence electrons. The second-order valence-electron chi connectivity index (χ2n) is 11.7. The van der Waals surface area contributed by atoms with Crippen molar-refractivity contribution in [1.82, 2.24) is 0 Å². The van der Waals surface area contributed by atoms with Crippen molar-refractivity contribution < 1.29 is 24.2 Å². The SMILES string of the molecule is CC(C)(C)C#Cc1cc(N(C(=O)[C@H]2CC[C@H](C)CC2)[C@H]2CC[C@H](Oc3cc[n+]([O-])cc3)CC2)c(C(=O)O)s1. The van der Waals surface area contributed by atoms with E-state index in [1.165, 1.54) is 12.4 Å². The summed E-state index contributed by atoms with van der Waals surface area (Å²) in [5.74, 6) is 6.53. The molecule has 0 spiro atoms. The van der Waals surface area contributed by atoms with Crippen molar-refractivity contribution in [1.29, 1.82) is 0 Å². The van der Waals surface area contributed by atoms with Crippen molar-refractivity contribution in [2.24, 2.45) is 17.3 Å². The fraction of sp³-hybridized carbons (Fsp3) is 0.567. The minimum Gasteiger partial charge on any atom is -0.619 e. The van der Waals surface area contributed by atoms with Crippen molar-refractivity contribution in [2.45, 2.75) is 91.2 Å². The maximum absolute atomic E-state index is 14.0. The number of aromatic nitrogens is 1. The number of carboxylic acids is 1. The third kappa shape index (κ3) is 7.08. The second-order valence-corrected chi connectivity index (χ2v) is 12.8. The summed E-state index contributed by atoms with van der Waals surface area (Å²) in [6, 6.07) is 5.02. The molecule has 7 nitrogen and oxygen atoms in total. The average molecular weight is 539 g/mol. The zero-order chi connectivity index (χ0) is 27.4. The first-order valence-corrected chi connectivity index (χ1v) is 14.4. The highest BCUT2D eigenvalue weighted by atomic mass is 32.1. The van der Waals surface area contributed by atoms with Gasteiger partial charge >= 0.3 is 5.97 Å². The maximum atomic E-state index is 14.0. The van der Waals surface area contributed by atoms with Crippen molar-refractivity contribution >= 4 is 28.9 Å². The average Bonchev–Trinajstić information content (AvgIpc) is 3.30. The van der Waals surface area contributed by atoms with Crippen molar-refractivity contribution in [2.75, 3.05) is 4.90 Å². The molecule has 4 rings (SSSR count). The summed E-state index contributed by atoms with van der Waals surface area (Å²) in [4.78, 5) is 29.0. The first-order valence-electron chi connectivity index (χ1n) is 13.6. The van der Waals surface area contributed by atoms with Gasteiger partial charge in [-0.25, -0.2) is 4.79 Å². The van der Waals surface area contributed by atoms with E-state index in [2.05, 4.69) is 18.8 Å². The van der Waals surface area contributed by atoms with Crippen LogP contribution in [-0.4, -0.2) is 29.1 Å². The van der Waals surface area contributed by atoms with Gasteiger partial charge in [0.1, 0.15) is 10.6 Å². The van der Waals surface area contributed by atoms with Gasteiger partial charge in [0.2, 0.25) is 5.91 Å². The molecular formula is C30H38N2O5S. The Bertz CT molecular complexity index is 1190. The number of amides is 1. The number of carbonyl (C=O) groups excluding carboxylic acids is 1. The molecule has 2 saturated carbocycles. The number of nitrogens with zero attached hydrogens (tertiary/aromatic N) is 2. The molecule has 2 aromatic rings. The molecule has 0 atom stereocenters. The van der Waals surface area contributed by atoms with E-state index in [1.807, 2.05) is 25.7 Å². The lowest BCUT2D eigenvalue weighted by Gasteiger charge is -2.39. The molecule has 0 aliphatic heterocycles. The number of carbonyl (C=O) groups is 2. The Kier molecular flexibility index (Phi) is 8.67. The zero-order valence-electron chi connectivity index (χ0n) is 22.7. The van der Waals surface area contributed by atoms with Crippen LogP contribution in [0.3, 0.4) is 0 Å². The Morgan fingerprint density at radius 1 is 1.08 bits per heavy atom. The van der Waals surface area contributed by atoms with Crippen molar-refractivity contribution in [3.63, 3.8) is 0 Å². The maximum Gasteiger partial charge on any atom is 0.348 e. The van der Waals surface area contributed by atoms with E-state index in [9.17, 15) is 19.9 Å². The molecule has 8 heteroatoms. The van der Waals surface area contributed by atoms with Gasteiger partial charge in [0.25, 0.3) is 0 Å². The Morgan fingerprint density at radius 3 is 2.29 bits per heavy atom. The van der Waals surface area contributed by atoms with Gasteiger partial charge in [-0.15, -0.1) is 11.3 Å². The van der Waals surface area contributed by atoms with Gasteiger partial charge in [0, 0.05) is 29.5 Å². The van der Waals surface area contributed by atoms with Crippen LogP contribution in [0.25, 0.3) is 0 Å². The molecule has 0 saturated heterocycles. The Hall–Kier alpha value is -3.05. The van der Waals surface area contributed by atoms with Gasteiger partial charge in [0.05, 0.1) is 16.7 Å². The molecular weight excluding hydrogens is 500 g/mol. The van der Waals surface area contributed by atoms with E-state index < -0.39 is 5.97 Å². The number of pyridine rings is 1. The van der Waals surface area contributed by atoms with Crippen LogP contribution in [0, 0.1) is 34.3 Å². The van der Waals surface area contributed by atoms with Crippen LogP contribution in [0.2, 0.25) is 0 Å². The number of rotatable bonds is 6. The molecule has 2 aromatic heterocycles. The largest absolute Gasteiger partial charge is 0.619 e. The number of carboxylic acid groups (broad SMARTS) is 1. The van der Waals surface area contributed by atoms with Gasteiger partial charge in [-0.2, -0.15) is 4.73 Å². The van der Waals surface area contributed by atoms with Gasteiger partial charge in [-0.1, -0.05) is 18.8 Å². The molecule has 0 radical (unpaired) electrons. The number of ether oxygens (including phenoxy) is 1. The van der Waals surface area contributed by atoms with Crippen molar-refractivity contribution in [3.05, 3.63) is 45.6 Å². The van der Waals surface area contributed by atoms with E-state index in [-0.39, 0.29) is 34.3 Å². The summed E-state index contributed by atoms with van der Waals surface area (Å²) in [5.41, 5.74) is 0.268. The number of hydrogen-bond acceptors (Lipinski definition) is 5. The zero-order valence-corrected chi connectivity index (χ0v) is 23.6. The monoisotopic (exact) mass is 538 g/mol. The Balaban J connectivity index is 1.60. The number of thiophene rings is 1. The van der Waals surface area contributed by atoms with Gasteiger partial charge in [-0.05, 0) is 84.1 Å². The van der Waals surface area contributed by atoms with Crippen LogP contribution < -0.4 is 14.4 Å². The van der Waals surface area contributed by atoms with Crippen LogP contribution in [0.15, 0.2) is 30.6 Å². The van der Waals surface area contributed by atoms with Crippen molar-refractivity contribution in [3.8, 4) is 17.6 Å². The number of hydrogen-bond donors (Lipinski definition) is 1. The fourth-order valence-corrected chi connectivity index (χ4v) is 6.16. The number of anilines is 1. The fourth-order valence-electron chi connectivity index (χ4n) is 5.31. The molecule has 2 aliphatic rings. The highest BCUT2D eigenvalue weighted by Gasteiger charge is 2.37. The predicted molar refractivity (Wildman–Crippen MR) is 148 cm³/mol. The molecule has 38 heavy (non-hydrogen) atoms. The van der Waals surface area contributed by atoms with E-state index >= 15 is 0 Å². The van der Waals surface area contributed by atoms with E-state index in [0.717, 1.165) is 54.6 Å². The molecule has 0 unspecified atom stereocenters. The summed E-state index contributed by atoms with van der Waals surface area (Å²) < 4.78 is 6.82. The van der Waals surface area contributed by atoms with E-state index in [4.69, 9.17) is 4.74 Å². The topological polar surface area (TPSA) is 93.8 Å². The first-order chi connectivity index (χ1) is 18.0.